The van der Waals surface area contributed by atoms with Gasteiger partial charge < -0.3 is 14.6 Å². The third-order valence-corrected chi connectivity index (χ3v) is 3.58. The van der Waals surface area contributed by atoms with Gasteiger partial charge in [-0.25, -0.2) is 4.98 Å². The maximum absolute atomic E-state index is 12.2. The van der Waals surface area contributed by atoms with Crippen molar-refractivity contribution in [3.8, 4) is 17.3 Å². The Morgan fingerprint density at radius 1 is 1.17 bits per heavy atom. The van der Waals surface area contributed by atoms with E-state index in [-0.39, 0.29) is 5.91 Å². The van der Waals surface area contributed by atoms with Crippen LogP contribution in [0.3, 0.4) is 0 Å². The summed E-state index contributed by atoms with van der Waals surface area (Å²) in [4.78, 5) is 20.8. The maximum atomic E-state index is 12.2. The minimum Gasteiger partial charge on any atom is -0.497 e. The van der Waals surface area contributed by atoms with E-state index in [9.17, 15) is 4.79 Å². The summed E-state index contributed by atoms with van der Waals surface area (Å²) in [5.74, 6) is 1.31. The second kappa shape index (κ2) is 7.41. The van der Waals surface area contributed by atoms with Gasteiger partial charge in [-0.3, -0.25) is 9.78 Å². The first-order valence-electron chi connectivity index (χ1n) is 7.63. The van der Waals surface area contributed by atoms with Crippen LogP contribution in [-0.4, -0.2) is 34.1 Å². The Hall–Kier alpha value is -3.15. The van der Waals surface area contributed by atoms with Crippen LogP contribution in [0.25, 0.3) is 11.5 Å². The van der Waals surface area contributed by atoms with Gasteiger partial charge in [0.2, 0.25) is 0 Å². The van der Waals surface area contributed by atoms with Gasteiger partial charge >= 0.3 is 0 Å². The Bertz CT molecular complexity index is 815. The van der Waals surface area contributed by atoms with Crippen LogP contribution < -0.4 is 10.1 Å². The third-order valence-electron chi connectivity index (χ3n) is 3.58. The van der Waals surface area contributed by atoms with Crippen LogP contribution >= 0.6 is 0 Å². The molecule has 0 radical (unpaired) electrons. The van der Waals surface area contributed by atoms with Gasteiger partial charge in [-0.15, -0.1) is 0 Å². The number of methoxy groups -OCH3 is 1. The number of rotatable bonds is 6. The van der Waals surface area contributed by atoms with E-state index in [1.165, 1.54) is 0 Å². The largest absolute Gasteiger partial charge is 0.497 e. The molecular weight excluding hydrogens is 304 g/mol. The van der Waals surface area contributed by atoms with Gasteiger partial charge in [-0.2, -0.15) is 0 Å². The maximum Gasteiger partial charge on any atom is 0.251 e. The van der Waals surface area contributed by atoms with E-state index in [2.05, 4.69) is 15.3 Å². The van der Waals surface area contributed by atoms with Crippen LogP contribution in [0.4, 0.5) is 0 Å². The van der Waals surface area contributed by atoms with E-state index in [4.69, 9.17) is 4.74 Å². The Morgan fingerprint density at radius 3 is 2.88 bits per heavy atom. The number of hydrogen-bond donors (Lipinski definition) is 1. The predicted octanol–water partition coefficient (Wildman–Crippen LogP) is 2.38. The molecule has 2 aromatic heterocycles. The number of carbonyl (C=O) groups is 1. The monoisotopic (exact) mass is 322 g/mol. The number of benzene rings is 1. The van der Waals surface area contributed by atoms with Gasteiger partial charge in [0, 0.05) is 37.2 Å². The lowest BCUT2D eigenvalue weighted by molar-refractivity contribution is 0.0952. The molecule has 0 aliphatic heterocycles. The fourth-order valence-corrected chi connectivity index (χ4v) is 2.37. The molecule has 0 fully saturated rings. The van der Waals surface area contributed by atoms with Crippen molar-refractivity contribution >= 4 is 5.91 Å². The first-order chi connectivity index (χ1) is 11.8. The van der Waals surface area contributed by atoms with E-state index in [0.29, 0.717) is 24.4 Å². The summed E-state index contributed by atoms with van der Waals surface area (Å²) >= 11 is 0. The van der Waals surface area contributed by atoms with E-state index >= 15 is 0 Å². The van der Waals surface area contributed by atoms with E-state index < -0.39 is 0 Å². The summed E-state index contributed by atoms with van der Waals surface area (Å²) in [5.41, 5.74) is 1.38. The Kier molecular flexibility index (Phi) is 4.86. The first kappa shape index (κ1) is 15.7. The topological polar surface area (TPSA) is 69.0 Å². The van der Waals surface area contributed by atoms with Gasteiger partial charge in [0.05, 0.1) is 7.11 Å². The van der Waals surface area contributed by atoms with Gasteiger partial charge in [0.1, 0.15) is 11.4 Å². The number of carbonyl (C=O) groups excluding carboxylic acids is 1. The lowest BCUT2D eigenvalue weighted by Crippen LogP contribution is -2.27. The van der Waals surface area contributed by atoms with Crippen molar-refractivity contribution in [2.24, 2.45) is 0 Å². The average molecular weight is 322 g/mol. The zero-order valence-corrected chi connectivity index (χ0v) is 13.3. The summed E-state index contributed by atoms with van der Waals surface area (Å²) in [7, 11) is 1.58. The molecule has 3 aromatic rings. The second-order valence-corrected chi connectivity index (χ2v) is 5.15. The molecule has 0 aliphatic rings. The Labute approximate surface area is 140 Å². The molecular formula is C18H18N4O2. The summed E-state index contributed by atoms with van der Waals surface area (Å²) in [6.07, 6.45) is 5.34. The zero-order valence-electron chi connectivity index (χ0n) is 13.3. The number of hydrogen-bond acceptors (Lipinski definition) is 4. The highest BCUT2D eigenvalue weighted by molar-refractivity contribution is 5.94. The van der Waals surface area contributed by atoms with Crippen LogP contribution in [0, 0.1) is 0 Å². The minimum atomic E-state index is -0.131. The smallest absolute Gasteiger partial charge is 0.251 e. The molecule has 24 heavy (non-hydrogen) atoms. The number of nitrogens with one attached hydrogen (secondary N) is 1. The highest BCUT2D eigenvalue weighted by Crippen LogP contribution is 2.14. The lowest BCUT2D eigenvalue weighted by Gasteiger charge is -2.09. The molecule has 1 aromatic carbocycles. The van der Waals surface area contributed by atoms with Crippen LogP contribution in [0.5, 0.6) is 5.75 Å². The molecule has 0 unspecified atom stereocenters. The van der Waals surface area contributed by atoms with Gasteiger partial charge in [0.15, 0.2) is 5.82 Å². The van der Waals surface area contributed by atoms with Gasteiger partial charge in [-0.05, 0) is 30.3 Å². The number of imidazole rings is 1. The number of ether oxygens (including phenoxy) is 1. The van der Waals surface area contributed by atoms with Crippen molar-refractivity contribution in [3.05, 3.63) is 66.6 Å². The van der Waals surface area contributed by atoms with Crippen molar-refractivity contribution < 1.29 is 9.53 Å². The zero-order chi connectivity index (χ0) is 16.8. The molecule has 0 aliphatic carbocycles. The molecule has 1 N–H and O–H groups in total. The molecule has 2 heterocycles. The first-order valence-corrected chi connectivity index (χ1v) is 7.63. The SMILES string of the molecule is COc1cccc(C(=O)NCCn2ccnc2-c2ccccn2)c1. The summed E-state index contributed by atoms with van der Waals surface area (Å²) in [6, 6.07) is 12.8. The molecule has 0 bridgehead atoms. The summed E-state index contributed by atoms with van der Waals surface area (Å²) < 4.78 is 7.10. The molecule has 0 saturated heterocycles. The number of aromatic nitrogens is 3. The van der Waals surface area contributed by atoms with Crippen LogP contribution in [0.1, 0.15) is 10.4 Å². The van der Waals surface area contributed by atoms with Crippen LogP contribution in [0.15, 0.2) is 61.1 Å². The standard InChI is InChI=1S/C18H18N4O2/c1-24-15-6-4-5-14(13-15)18(23)21-10-12-22-11-9-20-17(22)16-7-2-3-8-19-16/h2-9,11,13H,10,12H2,1H3,(H,21,23). The fraction of sp³-hybridized carbons (Fsp3) is 0.167. The Morgan fingerprint density at radius 2 is 2.08 bits per heavy atom. The third kappa shape index (κ3) is 3.60. The highest BCUT2D eigenvalue weighted by atomic mass is 16.5. The highest BCUT2D eigenvalue weighted by Gasteiger charge is 2.08. The van der Waals surface area contributed by atoms with Gasteiger partial charge in [0.25, 0.3) is 5.91 Å². The van der Waals surface area contributed by atoms with Crippen molar-refractivity contribution in [1.82, 2.24) is 19.9 Å². The number of pyridine rings is 1. The van der Waals surface area contributed by atoms with E-state index in [1.54, 1.807) is 43.8 Å². The molecule has 6 nitrogen and oxygen atoms in total. The normalized spacial score (nSPS) is 10.4. The average Bonchev–Trinajstić information content (AvgIpc) is 3.11. The summed E-state index contributed by atoms with van der Waals surface area (Å²) in [5, 5.41) is 2.90. The predicted molar refractivity (Wildman–Crippen MR) is 90.8 cm³/mol. The molecule has 6 heteroatoms. The molecule has 122 valence electrons. The Balaban J connectivity index is 1.61. The minimum absolute atomic E-state index is 0.131. The van der Waals surface area contributed by atoms with Crippen molar-refractivity contribution in [2.45, 2.75) is 6.54 Å². The van der Waals surface area contributed by atoms with Crippen molar-refractivity contribution in [1.29, 1.82) is 0 Å². The number of amides is 1. The van der Waals surface area contributed by atoms with E-state index in [1.807, 2.05) is 29.0 Å². The van der Waals surface area contributed by atoms with Crippen molar-refractivity contribution in [3.63, 3.8) is 0 Å². The molecule has 3 rings (SSSR count). The summed E-state index contributed by atoms with van der Waals surface area (Å²) in [6.45, 7) is 1.11. The van der Waals surface area contributed by atoms with Crippen molar-refractivity contribution in [2.75, 3.05) is 13.7 Å². The fourth-order valence-electron chi connectivity index (χ4n) is 2.37. The van der Waals surface area contributed by atoms with E-state index in [0.717, 1.165) is 11.5 Å². The molecule has 0 saturated carbocycles. The number of nitrogens with zero attached hydrogens (tertiary/aromatic N) is 3. The quantitative estimate of drug-likeness (QED) is 0.756. The lowest BCUT2D eigenvalue weighted by atomic mass is 10.2. The molecule has 0 spiro atoms. The molecule has 0 atom stereocenters. The van der Waals surface area contributed by atoms with Crippen LogP contribution in [0.2, 0.25) is 0 Å². The van der Waals surface area contributed by atoms with Gasteiger partial charge in [-0.1, -0.05) is 12.1 Å². The van der Waals surface area contributed by atoms with Crippen LogP contribution in [-0.2, 0) is 6.54 Å². The molecule has 1 amide bonds. The second-order valence-electron chi connectivity index (χ2n) is 5.15.